The van der Waals surface area contributed by atoms with Crippen molar-refractivity contribution < 1.29 is 18.7 Å². The van der Waals surface area contributed by atoms with Gasteiger partial charge in [-0.15, -0.1) is 0 Å². The molecule has 2 fully saturated rings. The molecule has 8 nitrogen and oxygen atoms in total. The van der Waals surface area contributed by atoms with Crippen molar-refractivity contribution in [2.24, 2.45) is 0 Å². The number of aromatic nitrogens is 1. The molecule has 1 aromatic heterocycles. The van der Waals surface area contributed by atoms with E-state index >= 15 is 0 Å². The molecule has 0 radical (unpaired) electrons. The molecule has 192 valence electrons. The Morgan fingerprint density at radius 1 is 1.06 bits per heavy atom. The number of carbonyl (C=O) groups is 2. The van der Waals surface area contributed by atoms with Crippen molar-refractivity contribution in [1.29, 1.82) is 0 Å². The van der Waals surface area contributed by atoms with Gasteiger partial charge in [0.25, 0.3) is 0 Å². The van der Waals surface area contributed by atoms with E-state index in [1.54, 1.807) is 6.20 Å². The number of rotatable bonds is 3. The lowest BCUT2D eigenvalue weighted by Gasteiger charge is -2.42. The van der Waals surface area contributed by atoms with Crippen molar-refractivity contribution in [3.05, 3.63) is 54.0 Å². The van der Waals surface area contributed by atoms with Gasteiger partial charge in [-0.2, -0.15) is 0 Å². The number of ether oxygens (including phenoxy) is 1. The highest BCUT2D eigenvalue weighted by Gasteiger charge is 2.44. The normalized spacial score (nSPS) is 22.3. The number of nitrogens with zero attached hydrogens (tertiary/aromatic N) is 5. The van der Waals surface area contributed by atoms with Crippen LogP contribution in [-0.2, 0) is 16.1 Å². The minimum absolute atomic E-state index is 0.0793. The zero-order valence-corrected chi connectivity index (χ0v) is 21.2. The van der Waals surface area contributed by atoms with Crippen LogP contribution in [0.5, 0.6) is 0 Å². The Morgan fingerprint density at radius 3 is 2.53 bits per heavy atom. The fourth-order valence-corrected chi connectivity index (χ4v) is 5.25. The first-order valence-electron chi connectivity index (χ1n) is 12.7. The predicted molar refractivity (Wildman–Crippen MR) is 135 cm³/mol. The minimum Gasteiger partial charge on any atom is -0.444 e. The average molecular weight is 496 g/mol. The quantitative estimate of drug-likeness (QED) is 0.648. The van der Waals surface area contributed by atoms with Crippen molar-refractivity contribution in [3.63, 3.8) is 0 Å². The van der Waals surface area contributed by atoms with Crippen LogP contribution in [-0.4, -0.2) is 77.2 Å². The van der Waals surface area contributed by atoms with E-state index in [-0.39, 0.29) is 17.8 Å². The van der Waals surface area contributed by atoms with Gasteiger partial charge in [-0.05, 0) is 63.4 Å². The number of anilines is 2. The van der Waals surface area contributed by atoms with Crippen LogP contribution >= 0.6 is 0 Å². The van der Waals surface area contributed by atoms with E-state index in [9.17, 15) is 14.0 Å². The number of hydrogen-bond acceptors (Lipinski definition) is 6. The van der Waals surface area contributed by atoms with Crippen LogP contribution in [0.1, 0.15) is 39.2 Å². The van der Waals surface area contributed by atoms with Crippen LogP contribution in [0.2, 0.25) is 0 Å². The second kappa shape index (κ2) is 9.69. The lowest BCUT2D eigenvalue weighted by atomic mass is 10.0. The second-order valence-corrected chi connectivity index (χ2v) is 10.8. The number of likely N-dealkylation sites (tertiary alicyclic amines) is 1. The largest absolute Gasteiger partial charge is 0.444 e. The molecule has 2 saturated heterocycles. The summed E-state index contributed by atoms with van der Waals surface area (Å²) in [6, 6.07) is 10.2. The maximum atomic E-state index is 13.7. The minimum atomic E-state index is -0.609. The molecule has 5 rings (SSSR count). The summed E-state index contributed by atoms with van der Waals surface area (Å²) in [5.41, 5.74) is 1.27. The van der Waals surface area contributed by atoms with Gasteiger partial charge < -0.3 is 14.5 Å². The number of amides is 2. The number of carbonyl (C=O) groups excluding carboxylic acids is 2. The Labute approximate surface area is 211 Å². The van der Waals surface area contributed by atoms with E-state index in [0.717, 1.165) is 49.7 Å². The van der Waals surface area contributed by atoms with Crippen molar-refractivity contribution in [2.45, 2.75) is 57.8 Å². The molecule has 0 N–H and O–H groups in total. The number of halogens is 1. The van der Waals surface area contributed by atoms with Crippen molar-refractivity contribution in [2.75, 3.05) is 42.5 Å². The molecule has 2 atom stereocenters. The fourth-order valence-electron chi connectivity index (χ4n) is 5.25. The molecule has 0 aliphatic carbocycles. The third-order valence-corrected chi connectivity index (χ3v) is 7.10. The standard InChI is InChI=1S/C27H34FN5O3/c1-27(2,3)36-26(35)33-14-11-23(33)25(34)32-13-10-21-18-30(17-19-6-8-20(28)9-7-19)15-16-31(21)24-22(32)5-4-12-29-24/h4-9,12,21,23H,10-11,13-18H2,1-3H3/t21?,23-/m0/s1. The molecule has 3 aliphatic rings. The third-order valence-electron chi connectivity index (χ3n) is 7.10. The van der Waals surface area contributed by atoms with Gasteiger partial charge >= 0.3 is 6.09 Å². The van der Waals surface area contributed by atoms with Crippen LogP contribution in [0, 0.1) is 5.82 Å². The van der Waals surface area contributed by atoms with E-state index in [1.807, 2.05) is 49.9 Å². The molecule has 1 unspecified atom stereocenters. The Balaban J connectivity index is 1.32. The number of piperazine rings is 1. The van der Waals surface area contributed by atoms with Crippen LogP contribution in [0.25, 0.3) is 0 Å². The fraction of sp³-hybridized carbons (Fsp3) is 0.519. The molecule has 0 saturated carbocycles. The smallest absolute Gasteiger partial charge is 0.410 e. The summed E-state index contributed by atoms with van der Waals surface area (Å²) in [5.74, 6) is 0.513. The number of pyridine rings is 1. The van der Waals surface area contributed by atoms with Crippen LogP contribution in [0.3, 0.4) is 0 Å². The molecule has 0 spiro atoms. The van der Waals surface area contributed by atoms with Gasteiger partial charge in [0.05, 0.1) is 5.69 Å². The average Bonchev–Trinajstić information content (AvgIpc) is 2.95. The maximum absolute atomic E-state index is 13.7. The Hall–Kier alpha value is -3.20. The first-order chi connectivity index (χ1) is 17.2. The highest BCUT2D eigenvalue weighted by Crippen LogP contribution is 2.36. The highest BCUT2D eigenvalue weighted by atomic mass is 19.1. The van der Waals surface area contributed by atoms with E-state index in [4.69, 9.17) is 4.74 Å². The van der Waals surface area contributed by atoms with Gasteiger partial charge in [0.1, 0.15) is 17.5 Å². The van der Waals surface area contributed by atoms with Gasteiger partial charge in [0.15, 0.2) is 5.82 Å². The Morgan fingerprint density at radius 2 is 1.83 bits per heavy atom. The molecule has 4 heterocycles. The zero-order chi connectivity index (χ0) is 25.4. The lowest BCUT2D eigenvalue weighted by molar-refractivity contribution is -0.127. The van der Waals surface area contributed by atoms with Gasteiger partial charge in [0.2, 0.25) is 5.91 Å². The number of hydrogen-bond donors (Lipinski definition) is 0. The summed E-state index contributed by atoms with van der Waals surface area (Å²) in [5, 5.41) is 0. The summed E-state index contributed by atoms with van der Waals surface area (Å²) >= 11 is 0. The van der Waals surface area contributed by atoms with Crippen molar-refractivity contribution >= 4 is 23.5 Å². The summed E-state index contributed by atoms with van der Waals surface area (Å²) < 4.78 is 18.8. The second-order valence-electron chi connectivity index (χ2n) is 10.8. The Kier molecular flexibility index (Phi) is 6.59. The van der Waals surface area contributed by atoms with Crippen LogP contribution in [0.4, 0.5) is 20.7 Å². The lowest BCUT2D eigenvalue weighted by Crippen LogP contribution is -2.60. The van der Waals surface area contributed by atoms with E-state index in [1.165, 1.54) is 17.0 Å². The molecule has 36 heavy (non-hydrogen) atoms. The molecule has 0 bridgehead atoms. The summed E-state index contributed by atoms with van der Waals surface area (Å²) in [6.07, 6.45) is 2.75. The molecular formula is C27H34FN5O3. The van der Waals surface area contributed by atoms with Crippen LogP contribution < -0.4 is 9.80 Å². The third kappa shape index (κ3) is 5.02. The topological polar surface area (TPSA) is 69.2 Å². The first kappa shape index (κ1) is 24.5. The molecule has 2 aromatic rings. The van der Waals surface area contributed by atoms with E-state index in [2.05, 4.69) is 14.8 Å². The molecule has 2 amide bonds. The van der Waals surface area contributed by atoms with E-state index < -0.39 is 17.7 Å². The summed E-state index contributed by atoms with van der Waals surface area (Å²) in [7, 11) is 0. The van der Waals surface area contributed by atoms with Gasteiger partial charge in [-0.1, -0.05) is 12.1 Å². The van der Waals surface area contributed by atoms with Crippen molar-refractivity contribution in [1.82, 2.24) is 14.8 Å². The summed E-state index contributed by atoms with van der Waals surface area (Å²) in [4.78, 5) is 39.1. The van der Waals surface area contributed by atoms with Crippen LogP contribution in [0.15, 0.2) is 42.6 Å². The SMILES string of the molecule is CC(C)(C)OC(=O)N1CC[C@H]1C(=O)N1CCC2CN(Cc3ccc(F)cc3)CCN2c2ncccc21. The number of benzene rings is 1. The van der Waals surface area contributed by atoms with Gasteiger partial charge in [-0.25, -0.2) is 14.2 Å². The molecule has 1 aromatic carbocycles. The highest BCUT2D eigenvalue weighted by molar-refractivity contribution is 6.01. The zero-order valence-electron chi connectivity index (χ0n) is 21.2. The van der Waals surface area contributed by atoms with Gasteiger partial charge in [-0.3, -0.25) is 14.6 Å². The maximum Gasteiger partial charge on any atom is 0.410 e. The van der Waals surface area contributed by atoms with Gasteiger partial charge in [0, 0.05) is 51.5 Å². The molecule has 3 aliphatic heterocycles. The monoisotopic (exact) mass is 495 g/mol. The molecule has 9 heteroatoms. The van der Waals surface area contributed by atoms with E-state index in [0.29, 0.717) is 19.5 Å². The molecular weight excluding hydrogens is 461 g/mol. The first-order valence-corrected chi connectivity index (χ1v) is 12.7. The summed E-state index contributed by atoms with van der Waals surface area (Å²) in [6.45, 7) is 9.81. The Bertz CT molecular complexity index is 1120. The van der Waals surface area contributed by atoms with Crippen molar-refractivity contribution in [3.8, 4) is 0 Å². The number of fused-ring (bicyclic) bond motifs is 3. The predicted octanol–water partition coefficient (Wildman–Crippen LogP) is 3.66.